The molecule has 0 aliphatic carbocycles. The molecule has 0 unspecified atom stereocenters. The van der Waals surface area contributed by atoms with Crippen molar-refractivity contribution in [3.05, 3.63) is 5.69 Å². The van der Waals surface area contributed by atoms with Crippen LogP contribution in [0.1, 0.15) is 23.3 Å². The van der Waals surface area contributed by atoms with Gasteiger partial charge in [-0.3, -0.25) is 9.59 Å². The van der Waals surface area contributed by atoms with Crippen LogP contribution in [0.15, 0.2) is 4.63 Å². The van der Waals surface area contributed by atoms with Gasteiger partial charge in [-0.25, -0.2) is 4.63 Å². The maximum atomic E-state index is 11.9. The fourth-order valence-corrected chi connectivity index (χ4v) is 1.86. The molecule has 1 fully saturated rings. The Labute approximate surface area is 96.3 Å². The molecule has 1 aliphatic heterocycles. The topological polar surface area (TPSA) is 123 Å². The summed E-state index contributed by atoms with van der Waals surface area (Å²) in [4.78, 5) is 24.2. The summed E-state index contributed by atoms with van der Waals surface area (Å²) in [6.07, 6.45) is 1.22. The fourth-order valence-electron chi connectivity index (χ4n) is 1.86. The molecule has 0 saturated carbocycles. The van der Waals surface area contributed by atoms with Crippen LogP contribution in [0.2, 0.25) is 0 Å². The van der Waals surface area contributed by atoms with Crippen LogP contribution < -0.4 is 5.73 Å². The number of likely N-dealkylation sites (tertiary alicyclic amines) is 1. The third-order valence-corrected chi connectivity index (χ3v) is 2.77. The number of aromatic nitrogens is 2. The lowest BCUT2D eigenvalue weighted by Gasteiger charge is -2.29. The summed E-state index contributed by atoms with van der Waals surface area (Å²) in [5.74, 6) is -1.94. The van der Waals surface area contributed by atoms with Crippen molar-refractivity contribution in [1.29, 1.82) is 0 Å². The normalized spacial score (nSPS) is 20.2. The lowest BCUT2D eigenvalue weighted by molar-refractivity contribution is -0.143. The SMILES string of the molecule is Nc1nonc1C(=O)N1CCC[C@@H](C(=O)O)C1. The minimum atomic E-state index is -0.895. The fraction of sp³-hybridized carbons (Fsp3) is 0.556. The highest BCUT2D eigenvalue weighted by atomic mass is 16.6. The van der Waals surface area contributed by atoms with E-state index in [1.54, 1.807) is 0 Å². The van der Waals surface area contributed by atoms with Crippen LogP contribution >= 0.6 is 0 Å². The van der Waals surface area contributed by atoms with Gasteiger partial charge in [0.1, 0.15) is 0 Å². The molecule has 1 amide bonds. The van der Waals surface area contributed by atoms with Gasteiger partial charge < -0.3 is 15.7 Å². The van der Waals surface area contributed by atoms with Crippen LogP contribution in [0.4, 0.5) is 5.82 Å². The lowest BCUT2D eigenvalue weighted by Crippen LogP contribution is -2.42. The van der Waals surface area contributed by atoms with E-state index in [9.17, 15) is 9.59 Å². The molecule has 1 aromatic rings. The second kappa shape index (κ2) is 4.40. The Morgan fingerprint density at radius 1 is 1.47 bits per heavy atom. The molecule has 1 aromatic heterocycles. The van der Waals surface area contributed by atoms with Gasteiger partial charge >= 0.3 is 5.97 Å². The highest BCUT2D eigenvalue weighted by molar-refractivity contribution is 5.96. The Balaban J connectivity index is 2.10. The van der Waals surface area contributed by atoms with Crippen molar-refractivity contribution in [1.82, 2.24) is 15.2 Å². The van der Waals surface area contributed by atoms with Gasteiger partial charge in [-0.2, -0.15) is 0 Å². The Morgan fingerprint density at radius 3 is 2.82 bits per heavy atom. The van der Waals surface area contributed by atoms with Crippen molar-refractivity contribution >= 4 is 17.7 Å². The maximum absolute atomic E-state index is 11.9. The number of nitrogens with zero attached hydrogens (tertiary/aromatic N) is 3. The molecule has 0 radical (unpaired) electrons. The van der Waals surface area contributed by atoms with E-state index in [2.05, 4.69) is 14.9 Å². The van der Waals surface area contributed by atoms with Crippen molar-refractivity contribution in [3.8, 4) is 0 Å². The average Bonchev–Trinajstić information content (AvgIpc) is 2.74. The number of anilines is 1. The number of piperidine rings is 1. The summed E-state index contributed by atoms with van der Waals surface area (Å²) < 4.78 is 4.34. The molecule has 8 nitrogen and oxygen atoms in total. The monoisotopic (exact) mass is 240 g/mol. The van der Waals surface area contributed by atoms with Crippen molar-refractivity contribution in [2.45, 2.75) is 12.8 Å². The predicted molar refractivity (Wildman–Crippen MR) is 55.0 cm³/mol. The van der Waals surface area contributed by atoms with E-state index >= 15 is 0 Å². The summed E-state index contributed by atoms with van der Waals surface area (Å²) in [6, 6.07) is 0. The summed E-state index contributed by atoms with van der Waals surface area (Å²) >= 11 is 0. The average molecular weight is 240 g/mol. The molecular weight excluding hydrogens is 228 g/mol. The van der Waals surface area contributed by atoms with Gasteiger partial charge in [-0.05, 0) is 23.2 Å². The number of carbonyl (C=O) groups is 2. The van der Waals surface area contributed by atoms with Crippen molar-refractivity contribution in [2.24, 2.45) is 5.92 Å². The molecule has 17 heavy (non-hydrogen) atoms. The molecule has 0 aromatic carbocycles. The van der Waals surface area contributed by atoms with E-state index < -0.39 is 17.8 Å². The van der Waals surface area contributed by atoms with Crippen LogP contribution in [0.3, 0.4) is 0 Å². The van der Waals surface area contributed by atoms with Crippen LogP contribution in [-0.4, -0.2) is 45.3 Å². The highest BCUT2D eigenvalue weighted by Crippen LogP contribution is 2.19. The van der Waals surface area contributed by atoms with Crippen molar-refractivity contribution in [3.63, 3.8) is 0 Å². The molecule has 3 N–H and O–H groups in total. The number of hydrogen-bond donors (Lipinski definition) is 2. The molecule has 2 rings (SSSR count). The Kier molecular flexibility index (Phi) is 2.94. The predicted octanol–water partition coefficient (Wildman–Crippen LogP) is -0.411. The third-order valence-electron chi connectivity index (χ3n) is 2.77. The number of carbonyl (C=O) groups excluding carboxylic acids is 1. The van der Waals surface area contributed by atoms with Crippen LogP contribution in [0.25, 0.3) is 0 Å². The second-order valence-corrected chi connectivity index (χ2v) is 3.93. The second-order valence-electron chi connectivity index (χ2n) is 3.93. The van der Waals surface area contributed by atoms with Gasteiger partial charge in [0.05, 0.1) is 5.92 Å². The largest absolute Gasteiger partial charge is 0.481 e. The first-order valence-corrected chi connectivity index (χ1v) is 5.19. The van der Waals surface area contributed by atoms with Gasteiger partial charge in [0.2, 0.25) is 11.5 Å². The zero-order valence-electron chi connectivity index (χ0n) is 9.00. The van der Waals surface area contributed by atoms with Crippen LogP contribution in [0, 0.1) is 5.92 Å². The molecule has 0 spiro atoms. The van der Waals surface area contributed by atoms with Crippen molar-refractivity contribution in [2.75, 3.05) is 18.8 Å². The number of nitrogen functional groups attached to an aromatic ring is 1. The summed E-state index contributed by atoms with van der Waals surface area (Å²) in [7, 11) is 0. The van der Waals surface area contributed by atoms with Gasteiger partial charge in [0, 0.05) is 13.1 Å². The van der Waals surface area contributed by atoms with E-state index in [-0.39, 0.29) is 18.1 Å². The highest BCUT2D eigenvalue weighted by Gasteiger charge is 2.31. The molecule has 1 atom stereocenters. The number of hydrogen-bond acceptors (Lipinski definition) is 6. The van der Waals surface area contributed by atoms with E-state index in [1.165, 1.54) is 4.90 Å². The van der Waals surface area contributed by atoms with Gasteiger partial charge in [-0.15, -0.1) is 0 Å². The van der Waals surface area contributed by atoms with E-state index in [0.29, 0.717) is 19.4 Å². The molecule has 1 saturated heterocycles. The van der Waals surface area contributed by atoms with E-state index in [0.717, 1.165) is 0 Å². The molecular formula is C9H12N4O4. The number of rotatable bonds is 2. The molecule has 0 bridgehead atoms. The number of carboxylic acid groups (broad SMARTS) is 1. The number of nitrogens with two attached hydrogens (primary N) is 1. The number of aliphatic carboxylic acids is 1. The Hall–Kier alpha value is -2.12. The van der Waals surface area contributed by atoms with Crippen molar-refractivity contribution < 1.29 is 19.3 Å². The third kappa shape index (κ3) is 2.19. The maximum Gasteiger partial charge on any atom is 0.308 e. The number of amides is 1. The minimum Gasteiger partial charge on any atom is -0.481 e. The zero-order valence-corrected chi connectivity index (χ0v) is 9.00. The molecule has 8 heteroatoms. The standard InChI is InChI=1S/C9H12N4O4/c10-7-6(11-17-12-7)8(14)13-3-1-2-5(4-13)9(15)16/h5H,1-4H2,(H2,10,12)(H,15,16)/t5-/m1/s1. The molecule has 92 valence electrons. The number of carboxylic acids is 1. The minimum absolute atomic E-state index is 0.0592. The van der Waals surface area contributed by atoms with Gasteiger partial charge in [0.25, 0.3) is 5.91 Å². The Bertz CT molecular complexity index is 444. The quantitative estimate of drug-likeness (QED) is 0.720. The smallest absolute Gasteiger partial charge is 0.308 e. The summed E-state index contributed by atoms with van der Waals surface area (Å²) in [6.45, 7) is 0.662. The lowest BCUT2D eigenvalue weighted by atomic mass is 9.98. The first-order chi connectivity index (χ1) is 8.09. The van der Waals surface area contributed by atoms with E-state index in [1.807, 2.05) is 0 Å². The summed E-state index contributed by atoms with van der Waals surface area (Å²) in [5.41, 5.74) is 5.35. The van der Waals surface area contributed by atoms with Gasteiger partial charge in [-0.1, -0.05) is 0 Å². The molecule has 2 heterocycles. The van der Waals surface area contributed by atoms with E-state index in [4.69, 9.17) is 10.8 Å². The van der Waals surface area contributed by atoms with Gasteiger partial charge in [0.15, 0.2) is 0 Å². The molecule has 1 aliphatic rings. The Morgan fingerprint density at radius 2 is 2.24 bits per heavy atom. The van der Waals surface area contributed by atoms with Crippen LogP contribution in [0.5, 0.6) is 0 Å². The zero-order chi connectivity index (χ0) is 12.4. The summed E-state index contributed by atoms with van der Waals surface area (Å²) in [5, 5.41) is 15.6. The van der Waals surface area contributed by atoms with Crippen LogP contribution in [-0.2, 0) is 4.79 Å². The first kappa shape index (κ1) is 11.4. The first-order valence-electron chi connectivity index (χ1n) is 5.19.